The van der Waals surface area contributed by atoms with Crippen LogP contribution in [0.25, 0.3) is 0 Å². The fourth-order valence-electron chi connectivity index (χ4n) is 2.70. The Morgan fingerprint density at radius 1 is 1.12 bits per heavy atom. The number of rotatable bonds is 5. The summed E-state index contributed by atoms with van der Waals surface area (Å²) >= 11 is 0. The maximum atomic E-state index is 12.8. The van der Waals surface area contributed by atoms with E-state index in [4.69, 9.17) is 9.47 Å². The topological polar surface area (TPSA) is 67.9 Å². The van der Waals surface area contributed by atoms with Gasteiger partial charge in [-0.05, 0) is 42.8 Å². The molecule has 130 valence electrons. The van der Waals surface area contributed by atoms with E-state index in [0.29, 0.717) is 30.1 Å². The summed E-state index contributed by atoms with van der Waals surface area (Å²) in [6.45, 7) is 4.63. The van der Waals surface area contributed by atoms with Crippen molar-refractivity contribution in [2.45, 2.75) is 20.4 Å². The molecule has 0 saturated carbocycles. The summed E-state index contributed by atoms with van der Waals surface area (Å²) in [6, 6.07) is 12.6. The number of anilines is 1. The normalized spacial score (nSPS) is 11.9. The molecule has 1 N–H and O–H groups in total. The first-order chi connectivity index (χ1) is 12.1. The largest absolute Gasteiger partial charge is 0.454 e. The molecule has 0 aromatic heterocycles. The lowest BCUT2D eigenvalue weighted by Crippen LogP contribution is -2.30. The number of carbonyl (C=O) groups excluding carboxylic acids is 2. The molecule has 6 heteroatoms. The number of hydrogen-bond donors (Lipinski definition) is 1. The van der Waals surface area contributed by atoms with Crippen molar-refractivity contribution >= 4 is 17.5 Å². The summed E-state index contributed by atoms with van der Waals surface area (Å²) in [6.07, 6.45) is 0. The first kappa shape index (κ1) is 16.8. The Morgan fingerprint density at radius 3 is 2.68 bits per heavy atom. The van der Waals surface area contributed by atoms with Gasteiger partial charge in [0.1, 0.15) is 0 Å². The van der Waals surface area contributed by atoms with Crippen LogP contribution >= 0.6 is 0 Å². The lowest BCUT2D eigenvalue weighted by atomic mass is 10.1. The number of fused-ring (bicyclic) bond motifs is 1. The van der Waals surface area contributed by atoms with E-state index in [1.807, 2.05) is 25.1 Å². The van der Waals surface area contributed by atoms with Crippen molar-refractivity contribution in [3.8, 4) is 11.5 Å². The van der Waals surface area contributed by atoms with Crippen LogP contribution in [-0.4, -0.2) is 30.1 Å². The average Bonchev–Trinajstić information content (AvgIpc) is 3.06. The maximum absolute atomic E-state index is 12.8. The molecule has 0 radical (unpaired) electrons. The van der Waals surface area contributed by atoms with Crippen molar-refractivity contribution < 1.29 is 19.1 Å². The van der Waals surface area contributed by atoms with Crippen LogP contribution in [0.1, 0.15) is 29.8 Å². The van der Waals surface area contributed by atoms with E-state index in [1.165, 1.54) is 6.92 Å². The zero-order chi connectivity index (χ0) is 17.8. The highest BCUT2D eigenvalue weighted by Gasteiger charge is 2.18. The molecule has 3 rings (SSSR count). The monoisotopic (exact) mass is 340 g/mol. The van der Waals surface area contributed by atoms with E-state index in [0.717, 1.165) is 11.3 Å². The van der Waals surface area contributed by atoms with Crippen LogP contribution in [0.4, 0.5) is 5.69 Å². The predicted octanol–water partition coefficient (Wildman–Crippen LogP) is 3.04. The van der Waals surface area contributed by atoms with Gasteiger partial charge in [-0.25, -0.2) is 0 Å². The molecule has 1 heterocycles. The second-order valence-electron chi connectivity index (χ2n) is 5.77. The molecule has 25 heavy (non-hydrogen) atoms. The number of ether oxygens (including phenoxy) is 2. The van der Waals surface area contributed by atoms with Crippen molar-refractivity contribution in [3.05, 3.63) is 53.6 Å². The molecule has 0 unspecified atom stereocenters. The molecule has 0 atom stereocenters. The van der Waals surface area contributed by atoms with Crippen LogP contribution < -0.4 is 14.8 Å². The van der Waals surface area contributed by atoms with Gasteiger partial charge in [-0.3, -0.25) is 9.59 Å². The van der Waals surface area contributed by atoms with Gasteiger partial charge in [0, 0.05) is 31.3 Å². The molecule has 0 fully saturated rings. The molecular formula is C19H20N2O4. The Labute approximate surface area is 146 Å². The van der Waals surface area contributed by atoms with Crippen LogP contribution in [0.15, 0.2) is 42.5 Å². The van der Waals surface area contributed by atoms with Crippen molar-refractivity contribution in [3.63, 3.8) is 0 Å². The van der Waals surface area contributed by atoms with Gasteiger partial charge >= 0.3 is 0 Å². The third kappa shape index (κ3) is 3.91. The molecule has 1 aliphatic heterocycles. The Bertz CT molecular complexity index is 804. The van der Waals surface area contributed by atoms with Crippen molar-refractivity contribution in [2.24, 2.45) is 0 Å². The summed E-state index contributed by atoms with van der Waals surface area (Å²) in [4.78, 5) is 25.7. The molecule has 0 bridgehead atoms. The number of nitrogens with one attached hydrogen (secondary N) is 1. The molecule has 2 aromatic carbocycles. The number of benzene rings is 2. The lowest BCUT2D eigenvalue weighted by molar-refractivity contribution is -0.114. The average molecular weight is 340 g/mol. The second kappa shape index (κ2) is 7.25. The minimum Gasteiger partial charge on any atom is -0.454 e. The second-order valence-corrected chi connectivity index (χ2v) is 5.77. The number of hydrogen-bond acceptors (Lipinski definition) is 4. The van der Waals surface area contributed by atoms with E-state index < -0.39 is 0 Å². The van der Waals surface area contributed by atoms with E-state index in [-0.39, 0.29) is 18.6 Å². The molecular weight excluding hydrogens is 320 g/mol. The fraction of sp³-hybridized carbons (Fsp3) is 0.263. The Hall–Kier alpha value is -3.02. The standard InChI is InChI=1S/C19H20N2O4/c1-3-21(11-14-7-8-17-18(9-14)25-12-24-17)19(23)15-5-4-6-16(10-15)20-13(2)22/h4-10H,3,11-12H2,1-2H3,(H,20,22). The zero-order valence-corrected chi connectivity index (χ0v) is 14.2. The Balaban J connectivity index is 1.76. The number of carbonyl (C=O) groups is 2. The summed E-state index contributed by atoms with van der Waals surface area (Å²) in [7, 11) is 0. The highest BCUT2D eigenvalue weighted by molar-refractivity contribution is 5.96. The van der Waals surface area contributed by atoms with Gasteiger partial charge in [0.15, 0.2) is 11.5 Å². The quantitative estimate of drug-likeness (QED) is 0.908. The van der Waals surface area contributed by atoms with Gasteiger partial charge in [0.2, 0.25) is 12.7 Å². The molecule has 0 spiro atoms. The van der Waals surface area contributed by atoms with Gasteiger partial charge in [-0.15, -0.1) is 0 Å². The minimum absolute atomic E-state index is 0.0904. The van der Waals surface area contributed by atoms with Gasteiger partial charge in [0.05, 0.1) is 0 Å². The molecule has 1 aliphatic rings. The van der Waals surface area contributed by atoms with Crippen LogP contribution in [0.3, 0.4) is 0 Å². The maximum Gasteiger partial charge on any atom is 0.254 e. The van der Waals surface area contributed by atoms with Gasteiger partial charge in [-0.2, -0.15) is 0 Å². The van der Waals surface area contributed by atoms with Crippen LogP contribution in [0, 0.1) is 0 Å². The molecule has 0 saturated heterocycles. The van der Waals surface area contributed by atoms with Crippen LogP contribution in [0.2, 0.25) is 0 Å². The summed E-state index contributed by atoms with van der Waals surface area (Å²) in [5, 5.41) is 2.69. The van der Waals surface area contributed by atoms with E-state index in [1.54, 1.807) is 29.2 Å². The first-order valence-electron chi connectivity index (χ1n) is 8.12. The molecule has 6 nitrogen and oxygen atoms in total. The smallest absolute Gasteiger partial charge is 0.254 e. The van der Waals surface area contributed by atoms with Crippen molar-refractivity contribution in [2.75, 3.05) is 18.7 Å². The number of amides is 2. The third-order valence-corrected chi connectivity index (χ3v) is 3.91. The highest BCUT2D eigenvalue weighted by Crippen LogP contribution is 2.32. The summed E-state index contributed by atoms with van der Waals surface area (Å²) in [5.41, 5.74) is 2.11. The number of nitrogens with zero attached hydrogens (tertiary/aromatic N) is 1. The van der Waals surface area contributed by atoms with Gasteiger partial charge in [0.25, 0.3) is 5.91 Å². The fourth-order valence-corrected chi connectivity index (χ4v) is 2.70. The van der Waals surface area contributed by atoms with E-state index in [2.05, 4.69) is 5.32 Å². The van der Waals surface area contributed by atoms with E-state index >= 15 is 0 Å². The SMILES string of the molecule is CCN(Cc1ccc2c(c1)OCO2)C(=O)c1cccc(NC(C)=O)c1. The lowest BCUT2D eigenvalue weighted by Gasteiger charge is -2.21. The van der Waals surface area contributed by atoms with Crippen LogP contribution in [0.5, 0.6) is 11.5 Å². The third-order valence-electron chi connectivity index (χ3n) is 3.91. The van der Waals surface area contributed by atoms with Gasteiger partial charge < -0.3 is 19.7 Å². The Kier molecular flexibility index (Phi) is 4.88. The molecule has 0 aliphatic carbocycles. The first-order valence-corrected chi connectivity index (χ1v) is 8.12. The van der Waals surface area contributed by atoms with Gasteiger partial charge in [-0.1, -0.05) is 12.1 Å². The Morgan fingerprint density at radius 2 is 1.92 bits per heavy atom. The van der Waals surface area contributed by atoms with Crippen molar-refractivity contribution in [1.29, 1.82) is 0 Å². The van der Waals surface area contributed by atoms with Crippen molar-refractivity contribution in [1.82, 2.24) is 4.90 Å². The summed E-state index contributed by atoms with van der Waals surface area (Å²) in [5.74, 6) is 1.17. The molecule has 2 aromatic rings. The van der Waals surface area contributed by atoms with E-state index in [9.17, 15) is 9.59 Å². The predicted molar refractivity (Wildman–Crippen MR) is 93.7 cm³/mol. The van der Waals surface area contributed by atoms with Crippen LogP contribution in [-0.2, 0) is 11.3 Å². The molecule has 2 amide bonds. The highest BCUT2D eigenvalue weighted by atomic mass is 16.7. The minimum atomic E-state index is -0.169. The zero-order valence-electron chi connectivity index (χ0n) is 14.2. The summed E-state index contributed by atoms with van der Waals surface area (Å²) < 4.78 is 10.7.